The molecule has 0 N–H and O–H groups in total. The average molecular weight is 299 g/mol. The van der Waals surface area contributed by atoms with E-state index in [-0.39, 0.29) is 0 Å². The Hall–Kier alpha value is 0.274. The van der Waals surface area contributed by atoms with E-state index in [1.807, 2.05) is 0 Å². The Morgan fingerprint density at radius 2 is 1.73 bits per heavy atom. The molecule has 0 fully saturated rings. The summed E-state index contributed by atoms with van der Waals surface area (Å²) in [6.45, 7) is 4.14. The molecule has 6 heteroatoms. The molecule has 15 heavy (non-hydrogen) atoms. The average Bonchev–Trinajstić information content (AvgIpc) is 2.50. The van der Waals surface area contributed by atoms with Crippen molar-refractivity contribution >= 4 is 39.8 Å². The van der Waals surface area contributed by atoms with Crippen molar-refractivity contribution in [3.63, 3.8) is 0 Å². The van der Waals surface area contributed by atoms with Crippen molar-refractivity contribution in [1.29, 1.82) is 0 Å². The van der Waals surface area contributed by atoms with Gasteiger partial charge in [0.15, 0.2) is 0 Å². The molecule has 0 spiro atoms. The van der Waals surface area contributed by atoms with Crippen LogP contribution in [0, 0.1) is 13.8 Å². The molecule has 1 aliphatic heterocycles. The van der Waals surface area contributed by atoms with E-state index in [0.717, 1.165) is 11.3 Å². The Morgan fingerprint density at radius 1 is 1.13 bits per heavy atom. The van der Waals surface area contributed by atoms with Crippen molar-refractivity contribution in [3.05, 3.63) is 28.8 Å². The number of rotatable bonds is 0. The molecule has 1 radical (unpaired) electrons. The number of hydrogen-bond acceptors (Lipinski definition) is 1. The second-order valence-corrected chi connectivity index (χ2v) is 10.8. The third-order valence-electron chi connectivity index (χ3n) is 1.83. The Morgan fingerprint density at radius 3 is 2.33 bits per heavy atom. The number of hydrogen-bond donors (Lipinski definition) is 0. The Kier molecular flexibility index (Phi) is 5.44. The van der Waals surface area contributed by atoms with Crippen LogP contribution in [0.4, 0.5) is 5.69 Å². The van der Waals surface area contributed by atoms with Crippen LogP contribution >= 0.6 is 27.9 Å². The number of halogens is 3. The molecule has 1 aromatic carbocycles. The van der Waals surface area contributed by atoms with Gasteiger partial charge in [0.1, 0.15) is 0 Å². The van der Waals surface area contributed by atoms with Crippen molar-refractivity contribution in [3.8, 4) is 0 Å². The Balaban J connectivity index is 0.000000245. The second kappa shape index (κ2) is 6.12. The van der Waals surface area contributed by atoms with Crippen LogP contribution in [-0.4, -0.2) is 6.21 Å². The second-order valence-electron chi connectivity index (χ2n) is 3.08. The first-order valence-electron chi connectivity index (χ1n) is 4.19. The summed E-state index contributed by atoms with van der Waals surface area (Å²) in [5, 5.41) is 3.85. The van der Waals surface area contributed by atoms with Gasteiger partial charge in [0.05, 0.1) is 11.9 Å². The number of fused-ring (bicyclic) bond motifs is 1. The van der Waals surface area contributed by atoms with Crippen LogP contribution < -0.4 is 5.43 Å². The quantitative estimate of drug-likeness (QED) is 0.649. The molecule has 0 aromatic heterocycles. The molecule has 0 atom stereocenters. The first-order valence-corrected chi connectivity index (χ1v) is 10.6. The van der Waals surface area contributed by atoms with E-state index >= 15 is 0 Å². The Labute approximate surface area is 107 Å². The van der Waals surface area contributed by atoms with Crippen molar-refractivity contribution in [2.45, 2.75) is 13.8 Å². The van der Waals surface area contributed by atoms with Crippen LogP contribution in [0.1, 0.15) is 16.7 Å². The molecule has 0 unspecified atom stereocenters. The molecule has 1 aromatic rings. The van der Waals surface area contributed by atoms with Gasteiger partial charge in [-0.3, -0.25) is 0 Å². The predicted molar refractivity (Wildman–Crippen MR) is 62.9 cm³/mol. The summed E-state index contributed by atoms with van der Waals surface area (Å²) >= 11 is -1.92. The van der Waals surface area contributed by atoms with Crippen LogP contribution in [0.25, 0.3) is 0 Å². The normalized spacial score (nSPS) is 11.3. The molecule has 0 saturated carbocycles. The zero-order chi connectivity index (χ0) is 11.4. The van der Waals surface area contributed by atoms with Crippen molar-refractivity contribution < 1.29 is 14.7 Å². The summed E-state index contributed by atoms with van der Waals surface area (Å²) in [6, 6.07) is 4.22. The minimum absolute atomic E-state index is 1.02. The summed E-state index contributed by atoms with van der Waals surface area (Å²) in [6.07, 6.45) is 1.80. The Bertz CT molecular complexity index is 377. The monoisotopic (exact) mass is 298 g/mol. The van der Waals surface area contributed by atoms with Crippen molar-refractivity contribution in [1.82, 2.24) is 5.43 Å². The van der Waals surface area contributed by atoms with Crippen molar-refractivity contribution in [2.75, 3.05) is 0 Å². The first-order chi connectivity index (χ1) is 7.00. The van der Waals surface area contributed by atoms with Gasteiger partial charge in [-0.05, 0) is 25.5 Å². The van der Waals surface area contributed by atoms with E-state index in [2.05, 4.69) is 36.5 Å². The zero-order valence-corrected chi connectivity index (χ0v) is 12.1. The maximum absolute atomic E-state index is 4.97. The van der Waals surface area contributed by atoms with E-state index in [9.17, 15) is 0 Å². The summed E-state index contributed by atoms with van der Waals surface area (Å²) < 4.78 is 0. The van der Waals surface area contributed by atoms with Gasteiger partial charge in [0.25, 0.3) is 0 Å². The van der Waals surface area contributed by atoms with Gasteiger partial charge in [0, 0.05) is 5.56 Å². The van der Waals surface area contributed by atoms with Crippen LogP contribution in [0.2, 0.25) is 0 Å². The van der Waals surface area contributed by atoms with Crippen molar-refractivity contribution in [2.24, 2.45) is 5.10 Å². The zero-order valence-electron chi connectivity index (χ0n) is 8.26. The van der Waals surface area contributed by atoms with Crippen LogP contribution in [0.3, 0.4) is 0 Å². The molecule has 0 aliphatic carbocycles. The molecule has 1 aliphatic rings. The van der Waals surface area contributed by atoms with E-state index in [4.69, 9.17) is 27.9 Å². The molecule has 2 nitrogen and oxygen atoms in total. The number of aryl methyl sites for hydroxylation is 2. The van der Waals surface area contributed by atoms with Gasteiger partial charge in [-0.1, -0.05) is 11.6 Å². The summed E-state index contributed by atoms with van der Waals surface area (Å²) in [4.78, 5) is 0. The number of nitrogens with zero attached hydrogens (tertiary/aromatic N) is 2. The fourth-order valence-corrected chi connectivity index (χ4v) is 1.38. The third kappa shape index (κ3) is 4.33. The molecule has 2 rings (SSSR count). The molecule has 0 amide bonds. The number of benzene rings is 1. The van der Waals surface area contributed by atoms with E-state index in [1.165, 1.54) is 11.1 Å². The molecular formula is C9H9Cl3N2Ti. The van der Waals surface area contributed by atoms with Crippen LogP contribution in [0.5, 0.6) is 0 Å². The predicted octanol–water partition coefficient (Wildman–Crippen LogP) is 3.95. The maximum atomic E-state index is 4.97. The standard InChI is InChI=1S/C9H9N2.3ClH.Ti/c1-6-3-7(2)9-8(4-6)5-10-11-9;;;;/h3-5H,1-2H3;3*1H;/q;;;;+3/p-3. The van der Waals surface area contributed by atoms with E-state index in [0.29, 0.717) is 0 Å². The third-order valence-corrected chi connectivity index (χ3v) is 1.83. The summed E-state index contributed by atoms with van der Waals surface area (Å²) in [7, 11) is 14.9. The molecule has 0 bridgehead atoms. The van der Waals surface area contributed by atoms with Gasteiger partial charge in [-0.2, -0.15) is 10.5 Å². The molecular weight excluding hydrogens is 290 g/mol. The van der Waals surface area contributed by atoms with Gasteiger partial charge in [-0.25, -0.2) is 0 Å². The van der Waals surface area contributed by atoms with Gasteiger partial charge < -0.3 is 0 Å². The fourth-order valence-electron chi connectivity index (χ4n) is 1.38. The van der Waals surface area contributed by atoms with Crippen LogP contribution in [-0.2, 0) is 14.7 Å². The summed E-state index contributed by atoms with van der Waals surface area (Å²) in [5.41, 5.74) is 8.65. The minimum atomic E-state index is -1.92. The molecule has 0 saturated heterocycles. The fraction of sp³-hybridized carbons (Fsp3) is 0.222. The van der Waals surface area contributed by atoms with E-state index < -0.39 is 14.7 Å². The van der Waals surface area contributed by atoms with E-state index in [1.54, 1.807) is 6.21 Å². The summed E-state index contributed by atoms with van der Waals surface area (Å²) in [5.74, 6) is 0. The van der Waals surface area contributed by atoms with Gasteiger partial charge in [-0.15, -0.1) is 0 Å². The topological polar surface area (TPSA) is 26.5 Å². The first kappa shape index (κ1) is 13.3. The molecule has 80 valence electrons. The SMILES string of the molecule is Cc1cc(C)c2c(c1)C=N[N]2.[Cl][Ti]([Cl])[Cl]. The van der Waals surface area contributed by atoms with Crippen LogP contribution in [0.15, 0.2) is 17.2 Å². The molecule has 1 heterocycles. The van der Waals surface area contributed by atoms with Gasteiger partial charge >= 0.3 is 42.6 Å². The van der Waals surface area contributed by atoms with Gasteiger partial charge in [0.2, 0.25) is 0 Å².